The van der Waals surface area contributed by atoms with E-state index in [1.165, 1.54) is 11.6 Å². The van der Waals surface area contributed by atoms with Crippen LogP contribution >= 0.6 is 43.9 Å². The van der Waals surface area contributed by atoms with Gasteiger partial charge in [-0.1, -0.05) is 56.1 Å². The number of aryl methyl sites for hydroxylation is 4. The van der Waals surface area contributed by atoms with E-state index >= 15 is 0 Å². The molecule has 0 aliphatic rings. The van der Waals surface area contributed by atoms with E-state index in [4.69, 9.17) is 11.6 Å². The molecule has 0 radical (unpaired) electrons. The molecule has 34 heavy (non-hydrogen) atoms. The van der Waals surface area contributed by atoms with Crippen molar-refractivity contribution in [3.8, 4) is 0 Å². The second-order valence-electron chi connectivity index (χ2n) is 7.03. The molecule has 0 aromatic heterocycles. The molecule has 3 rings (SSSR count). The number of nitrogens with two attached hydrogens (primary N) is 2. The van der Waals surface area contributed by atoms with Gasteiger partial charge in [0, 0.05) is 31.0 Å². The molecule has 0 atom stereocenters. The van der Waals surface area contributed by atoms with E-state index in [-0.39, 0.29) is 16.5 Å². The molecule has 0 heterocycles. The van der Waals surface area contributed by atoms with Crippen molar-refractivity contribution < 1.29 is 19.0 Å². The van der Waals surface area contributed by atoms with Crippen molar-refractivity contribution in [1.29, 1.82) is 0 Å². The predicted octanol–water partition coefficient (Wildman–Crippen LogP) is 6.65. The summed E-state index contributed by atoms with van der Waals surface area (Å²) in [5, 5.41) is 10.4. The summed E-state index contributed by atoms with van der Waals surface area (Å²) in [6.45, 7) is 7.59. The summed E-state index contributed by atoms with van der Waals surface area (Å²) in [6.07, 6.45) is 0. The fourth-order valence-corrected chi connectivity index (χ4v) is 3.75. The van der Waals surface area contributed by atoms with E-state index < -0.39 is 0 Å². The van der Waals surface area contributed by atoms with Crippen LogP contribution in [0.4, 0.5) is 5.69 Å². The molecule has 0 saturated heterocycles. The quantitative estimate of drug-likeness (QED) is 0.142. The van der Waals surface area contributed by atoms with Crippen LogP contribution in [0, 0.1) is 37.8 Å². The molecular formula is C23H25Br2N3O5S. The summed E-state index contributed by atoms with van der Waals surface area (Å²) in [5.41, 5.74) is 9.75. The van der Waals surface area contributed by atoms with Gasteiger partial charge in [0.15, 0.2) is 0 Å². The zero-order chi connectivity index (χ0) is 25.8. The Labute approximate surface area is 219 Å². The molecule has 3 aromatic carbocycles. The summed E-state index contributed by atoms with van der Waals surface area (Å²) in [7, 11) is 0. The number of rotatable bonds is 5. The summed E-state index contributed by atoms with van der Waals surface area (Å²) < 4.78 is 6.15. The van der Waals surface area contributed by atoms with Gasteiger partial charge < -0.3 is 5.73 Å². The normalized spacial score (nSPS) is 9.85. The Morgan fingerprint density at radius 2 is 1.47 bits per heavy atom. The summed E-state index contributed by atoms with van der Waals surface area (Å²) in [6, 6.07) is 16.5. The zero-order valence-electron chi connectivity index (χ0n) is 19.0. The smallest absolute Gasteiger partial charge is 0.273 e. The fraction of sp³-hybridized carbons (Fsp3) is 0.174. The highest BCUT2D eigenvalue weighted by molar-refractivity contribution is 9.10. The van der Waals surface area contributed by atoms with E-state index in [2.05, 4.69) is 41.2 Å². The van der Waals surface area contributed by atoms with Gasteiger partial charge in [0.25, 0.3) is 5.69 Å². The predicted molar refractivity (Wildman–Crippen MR) is 141 cm³/mol. The van der Waals surface area contributed by atoms with E-state index in [0.717, 1.165) is 37.0 Å². The highest BCUT2D eigenvalue weighted by atomic mass is 79.9. The van der Waals surface area contributed by atoms with Crippen LogP contribution in [0.3, 0.4) is 0 Å². The van der Waals surface area contributed by atoms with Crippen molar-refractivity contribution >= 4 is 55.5 Å². The fourth-order valence-electron chi connectivity index (χ4n) is 2.49. The number of halogens is 2. The van der Waals surface area contributed by atoms with Crippen LogP contribution in [-0.4, -0.2) is 10.8 Å². The largest absolute Gasteiger partial charge is 0.366 e. The van der Waals surface area contributed by atoms with Crippen LogP contribution in [0.15, 0.2) is 68.4 Å². The van der Waals surface area contributed by atoms with Crippen LogP contribution < -0.4 is 11.6 Å². The molecule has 0 spiro atoms. The molecule has 11 heteroatoms. The van der Waals surface area contributed by atoms with Crippen molar-refractivity contribution in [3.63, 3.8) is 0 Å². The number of nitro benzene ring substituents is 1. The maximum Gasteiger partial charge on any atom is 0.273 e. The number of carbonyl (C=O) groups is 1. The Morgan fingerprint density at radius 3 is 1.97 bits per heavy atom. The first-order valence-electron chi connectivity index (χ1n) is 9.70. The lowest BCUT2D eigenvalue weighted by atomic mass is 10.1. The Kier molecular flexibility index (Phi) is 13.0. The highest BCUT2D eigenvalue weighted by Gasteiger charge is 2.09. The third-order valence-electron chi connectivity index (χ3n) is 4.34. The number of hydrogen-bond acceptors (Lipinski definition) is 7. The zero-order valence-corrected chi connectivity index (χ0v) is 23.0. The molecule has 0 bridgehead atoms. The Hall–Kier alpha value is -2.28. The standard InChI is InChI=1S/C8H8BrNO.C8H11NO2S.C7H6BrNO2/c1-5-2-3-6(9)4-7(5)8(10)11;1-6-3-4-7(2)8(5-6)12-11-10-9;1-5-2-3-6(8)4-7(5)9(10)11/h2-4H,1H3,(H2,10,11);3-5H,9H2,1-2H3;2-4H,1H3. The lowest BCUT2D eigenvalue weighted by Crippen LogP contribution is -2.12. The van der Waals surface area contributed by atoms with Crippen LogP contribution in [0.1, 0.15) is 32.6 Å². The monoisotopic (exact) mass is 613 g/mol. The molecule has 3 aromatic rings. The maximum absolute atomic E-state index is 10.8. The third-order valence-corrected chi connectivity index (χ3v) is 6.09. The second kappa shape index (κ2) is 14.9. The topological polar surface area (TPSA) is 131 Å². The highest BCUT2D eigenvalue weighted by Crippen LogP contribution is 2.24. The van der Waals surface area contributed by atoms with Crippen LogP contribution in [0.25, 0.3) is 0 Å². The van der Waals surface area contributed by atoms with Gasteiger partial charge in [0.05, 0.1) is 17.0 Å². The molecule has 4 N–H and O–H groups in total. The van der Waals surface area contributed by atoms with E-state index in [0.29, 0.717) is 11.1 Å². The number of primary amides is 1. The molecule has 1 amide bonds. The first-order valence-corrected chi connectivity index (χ1v) is 12.0. The second-order valence-corrected chi connectivity index (χ2v) is 9.60. The van der Waals surface area contributed by atoms with Gasteiger partial charge in [-0.3, -0.25) is 14.9 Å². The minimum Gasteiger partial charge on any atom is -0.366 e. The van der Waals surface area contributed by atoms with E-state index in [1.54, 1.807) is 25.1 Å². The van der Waals surface area contributed by atoms with Gasteiger partial charge in [-0.2, -0.15) is 5.90 Å². The van der Waals surface area contributed by atoms with Crippen LogP contribution in [0.5, 0.6) is 0 Å². The van der Waals surface area contributed by atoms with Gasteiger partial charge in [-0.15, -0.1) is 9.32 Å². The molecule has 182 valence electrons. The summed E-state index contributed by atoms with van der Waals surface area (Å²) in [5.74, 6) is 4.34. The van der Waals surface area contributed by atoms with E-state index in [9.17, 15) is 14.9 Å². The first-order chi connectivity index (χ1) is 16.0. The number of nitro groups is 1. The Morgan fingerprint density at radius 1 is 0.912 bits per heavy atom. The summed E-state index contributed by atoms with van der Waals surface area (Å²) in [4.78, 5) is 25.8. The van der Waals surface area contributed by atoms with Gasteiger partial charge in [-0.25, -0.2) is 0 Å². The number of carbonyl (C=O) groups excluding carboxylic acids is 1. The Balaban J connectivity index is 0.000000255. The minimum absolute atomic E-state index is 0.152. The molecular weight excluding hydrogens is 590 g/mol. The van der Waals surface area contributed by atoms with Gasteiger partial charge >= 0.3 is 0 Å². The van der Waals surface area contributed by atoms with Crippen LogP contribution in [0.2, 0.25) is 0 Å². The molecule has 0 aliphatic carbocycles. The van der Waals surface area contributed by atoms with Crippen molar-refractivity contribution in [3.05, 3.63) is 101 Å². The van der Waals surface area contributed by atoms with Crippen molar-refractivity contribution in [2.45, 2.75) is 32.6 Å². The lowest BCUT2D eigenvalue weighted by molar-refractivity contribution is -0.385. The molecule has 0 aliphatic heterocycles. The van der Waals surface area contributed by atoms with Gasteiger partial charge in [0.1, 0.15) is 0 Å². The molecule has 0 fully saturated rings. The maximum atomic E-state index is 10.8. The van der Waals surface area contributed by atoms with Crippen molar-refractivity contribution in [1.82, 2.24) is 0 Å². The number of amides is 1. The first kappa shape index (κ1) is 29.8. The lowest BCUT2D eigenvalue weighted by Gasteiger charge is -2.03. The molecule has 0 unspecified atom stereocenters. The number of hydrogen-bond donors (Lipinski definition) is 2. The van der Waals surface area contributed by atoms with Gasteiger partial charge in [0.2, 0.25) is 5.91 Å². The van der Waals surface area contributed by atoms with E-state index in [1.807, 2.05) is 51.1 Å². The number of benzene rings is 3. The average molecular weight is 615 g/mol. The molecule has 8 nitrogen and oxygen atoms in total. The average Bonchev–Trinajstić information content (AvgIpc) is 2.78. The number of nitrogens with zero attached hydrogens (tertiary/aromatic N) is 1. The minimum atomic E-state index is -0.389. The van der Waals surface area contributed by atoms with Gasteiger partial charge in [-0.05, 0) is 68.7 Å². The SMILES string of the molecule is Cc1ccc(Br)cc1C(N)=O.Cc1ccc(Br)cc1[N+](=O)[O-].Cc1ccc(C)c(SOON)c1. The molecule has 0 saturated carbocycles. The Bertz CT molecular complexity index is 1080. The van der Waals surface area contributed by atoms with Crippen LogP contribution in [-0.2, 0) is 9.32 Å². The summed E-state index contributed by atoms with van der Waals surface area (Å²) >= 11 is 7.53. The van der Waals surface area contributed by atoms with Crippen molar-refractivity contribution in [2.24, 2.45) is 11.6 Å². The third kappa shape index (κ3) is 10.3. The van der Waals surface area contributed by atoms with Crippen molar-refractivity contribution in [2.75, 3.05) is 0 Å².